The summed E-state index contributed by atoms with van der Waals surface area (Å²) in [7, 11) is 0. The molecule has 3 aliphatic heterocycles. The summed E-state index contributed by atoms with van der Waals surface area (Å²) in [5.41, 5.74) is 31.6. The summed E-state index contributed by atoms with van der Waals surface area (Å²) >= 11 is 31.1. The average molecular weight is 1770 g/mol. The van der Waals surface area contributed by atoms with E-state index in [1.807, 2.05) is 126 Å². The minimum Gasteiger partial charge on any atom is -0.458 e. The Balaban J connectivity index is 0.000000343. The van der Waals surface area contributed by atoms with E-state index in [-0.39, 0.29) is 70.6 Å². The Morgan fingerprint density at radius 2 is 0.871 bits per heavy atom. The topological polar surface area (TPSA) is 556 Å². The fraction of sp³-hybridized carbons (Fsp3) is 0.314. The SMILES string of the molecule is C1CNCCN1.CCOC(=O)C(=O)OCC.Cc1ccc(N)c(N)c1.Cc1ccc2[nH]c(=O)c(=O)[nH]c2c1.Cc1ccc2nc(Cl)c(Cl)nc2c1.Cc1ccc2nc(Cl)c(NN)nc2c1.Cc1ccc2nc(N3CCNCC3)c(NN)nc2c1.Cc1ccc2nc(N3CCNCC3)c3nnnn3c2c1.Cl.NN.O=N[O-].O=P(Cl)(Cl)Cl.[Na+]. The number of carbonyl (C=O) groups excluding carboxylic acids is 2. The molecule has 37 nitrogen and oxygen atoms in total. The molecule has 15 rings (SSSR count). The first kappa shape index (κ1) is 101. The third-order valence-electron chi connectivity index (χ3n) is 15.5. The van der Waals surface area contributed by atoms with E-state index in [1.54, 1.807) is 24.4 Å². The van der Waals surface area contributed by atoms with Crippen molar-refractivity contribution in [2.24, 2.45) is 28.7 Å². The van der Waals surface area contributed by atoms with Crippen molar-refractivity contribution in [2.75, 3.05) is 124 Å². The molecule has 3 fully saturated rings. The van der Waals surface area contributed by atoms with Crippen molar-refractivity contribution >= 4 is 194 Å². The maximum absolute atomic E-state index is 10.9. The van der Waals surface area contributed by atoms with E-state index >= 15 is 0 Å². The number of hydrogen-bond donors (Lipinski definition) is 14. The molecule has 20 N–H and O–H groups in total. The van der Waals surface area contributed by atoms with Gasteiger partial charge in [0.25, 0.3) is 0 Å². The van der Waals surface area contributed by atoms with Gasteiger partial charge in [0, 0.05) is 78.5 Å². The van der Waals surface area contributed by atoms with Gasteiger partial charge < -0.3 is 82.9 Å². The van der Waals surface area contributed by atoms with Crippen molar-refractivity contribution in [2.45, 2.75) is 55.4 Å². The second-order valence-corrected chi connectivity index (χ2v) is 31.9. The van der Waals surface area contributed by atoms with Crippen LogP contribution in [-0.4, -0.2) is 169 Å². The normalized spacial score (nSPS) is 12.4. The van der Waals surface area contributed by atoms with Gasteiger partial charge in [0.05, 0.1) is 79.8 Å². The van der Waals surface area contributed by atoms with E-state index in [9.17, 15) is 23.7 Å². The number of H-pyrrole nitrogens is 2. The summed E-state index contributed by atoms with van der Waals surface area (Å²) in [6.07, 6.45) is 0. The monoisotopic (exact) mass is 1770 g/mol. The molecular weight excluding hydrogens is 1680 g/mol. The number of aromatic amines is 2. The summed E-state index contributed by atoms with van der Waals surface area (Å²) in [5, 5.41) is 31.8. The standard InChI is InChI=1S/C13H15N7.C13H18N6.C9H6Cl2N2.C9H9ClN4.C9H8N2O2.C7H10N2.C6H10O4.C4H10N2.Cl3OP.ClH.H4N2.HNO2.Na/c1-9-2-3-10-11(8-9)20-13(16-17-18-20)12(15-10)19-6-4-14-5-7-19;1-9-2-3-10-11(8-9)16-12(18-14)13(17-10)19-6-4-15-5-7-19;1-5-2-3-6-7(4-5)13-9(11)8(10)12-6;1-5-2-3-6-7(4-5)13-9(14-11)8(10)12-6;1-5-2-3-6-7(4-5)11-9(13)8(12)10-6;1-5-2-3-6(8)7(9)4-5;1-3-9-5(7)6(8)10-4-2;1-2-6-4-3-5-1;1-5(2,3)4;;1-2;2-1-3;/h2-3,8,14H,4-7H2,1H3;2-3,8,15H,4-7,14H2,1H3,(H,16,18);2-4H,1H3;2-4H,11H2,1H3,(H,13,14);2-4H,1H3,(H,10,12)(H,11,13);2-4H,8-9H2,1H3;3-4H2,1-2H3;5-6H,1-4H2;;1H;1-2H2;(H,2,3);/q;;;;;;;;;;;;+1/p-1. The van der Waals surface area contributed by atoms with Crippen molar-refractivity contribution in [1.82, 2.24) is 86.2 Å². The maximum atomic E-state index is 10.9. The number of esters is 2. The number of nitrogens with one attached hydrogen (secondary N) is 8. The zero-order valence-electron chi connectivity index (χ0n) is 64.8. The van der Waals surface area contributed by atoms with Gasteiger partial charge in [0.2, 0.25) is 5.65 Å². The third-order valence-corrected chi connectivity index (χ3v) is 16.4. The minimum absolute atomic E-state index is 0. The number of carbonyl (C=O) groups is 2. The Morgan fingerprint density at radius 1 is 0.509 bits per heavy atom. The van der Waals surface area contributed by atoms with Crippen LogP contribution in [0, 0.1) is 51.7 Å². The van der Waals surface area contributed by atoms with Gasteiger partial charge >= 0.3 is 57.8 Å². The number of nitrogens with zero attached hydrogens (tertiary/aromatic N) is 14. The molecule has 3 aliphatic rings. The number of rotatable bonds is 6. The number of ether oxygens (including phenoxy) is 2. The van der Waals surface area contributed by atoms with Crippen LogP contribution in [-0.2, 0) is 23.6 Å². The molecule has 9 heterocycles. The van der Waals surface area contributed by atoms with Crippen LogP contribution in [0.1, 0.15) is 47.2 Å². The van der Waals surface area contributed by atoms with Crippen LogP contribution in [0.4, 0.5) is 34.6 Å². The number of tetrazole rings is 1. The Morgan fingerprint density at radius 3 is 1.32 bits per heavy atom. The summed E-state index contributed by atoms with van der Waals surface area (Å²) in [6, 6.07) is 34.8. The number of fused-ring (bicyclic) bond motifs is 7. The van der Waals surface area contributed by atoms with Crippen molar-refractivity contribution in [3.63, 3.8) is 0 Å². The number of nitrogen functional groups attached to an aromatic ring is 4. The van der Waals surface area contributed by atoms with Crippen molar-refractivity contribution in [3.8, 4) is 0 Å². The van der Waals surface area contributed by atoms with Crippen molar-refractivity contribution < 1.29 is 53.2 Å². The number of hydrogen-bond acceptors (Lipinski definition) is 34. The zero-order valence-corrected chi connectivity index (χ0v) is 73.1. The van der Waals surface area contributed by atoms with Gasteiger partial charge in [-0.05, 0) is 206 Å². The van der Waals surface area contributed by atoms with Gasteiger partial charge in [-0.25, -0.2) is 56.2 Å². The molecule has 0 aliphatic carbocycles. The van der Waals surface area contributed by atoms with Crippen molar-refractivity contribution in [3.05, 3.63) is 189 Å². The quantitative estimate of drug-likeness (QED) is 0.0125. The van der Waals surface area contributed by atoms with Gasteiger partial charge in [-0.3, -0.25) is 25.8 Å². The molecule has 116 heavy (non-hydrogen) atoms. The van der Waals surface area contributed by atoms with Crippen LogP contribution in [0.25, 0.3) is 60.8 Å². The molecule has 6 aromatic carbocycles. The Bertz CT molecular complexity index is 5270. The Hall–Kier alpha value is -8.90. The maximum Gasteiger partial charge on any atom is 1.00 e. The van der Waals surface area contributed by atoms with Crippen molar-refractivity contribution in [1.29, 1.82) is 0 Å². The van der Waals surface area contributed by atoms with E-state index in [1.165, 1.54) is 11.1 Å². The fourth-order valence-electron chi connectivity index (χ4n) is 10.3. The average Bonchev–Trinajstić information content (AvgIpc) is 1.55. The molecule has 46 heteroatoms. The van der Waals surface area contributed by atoms with Crippen LogP contribution in [0.2, 0.25) is 15.5 Å². The molecule has 12 aromatic rings. The van der Waals surface area contributed by atoms with E-state index in [2.05, 4.69) is 166 Å². The Kier molecular flexibility index (Phi) is 46.0. The number of anilines is 6. The first-order valence-corrected chi connectivity index (χ1v) is 40.3. The predicted octanol–water partition coefficient (Wildman–Crippen LogP) is 6.43. The number of hydrazine groups is 3. The minimum atomic E-state index is -3.22. The van der Waals surface area contributed by atoms with E-state index < -0.39 is 28.3 Å². The van der Waals surface area contributed by atoms with Gasteiger partial charge in [-0.15, -0.1) is 22.8 Å². The van der Waals surface area contributed by atoms with E-state index in [4.69, 9.17) is 78.0 Å². The molecule has 0 amide bonds. The number of piperazine rings is 3. The van der Waals surface area contributed by atoms with Crippen LogP contribution in [0.5, 0.6) is 0 Å². The molecule has 0 atom stereocenters. The second-order valence-electron chi connectivity index (χ2n) is 24.1. The summed E-state index contributed by atoms with van der Waals surface area (Å²) in [6.45, 7) is 27.7. The van der Waals surface area contributed by atoms with Crippen LogP contribution in [0.15, 0.2) is 124 Å². The Labute approximate surface area is 724 Å². The molecule has 0 spiro atoms. The summed E-state index contributed by atoms with van der Waals surface area (Å²) in [4.78, 5) is 90.8. The first-order chi connectivity index (χ1) is 54.5. The molecule has 0 bridgehead atoms. The van der Waals surface area contributed by atoms with Gasteiger partial charge in [-0.2, -0.15) is 4.52 Å². The van der Waals surface area contributed by atoms with Crippen LogP contribution < -0.4 is 117 Å². The molecular formula is C70H91Cl7N28NaO9P. The molecule has 0 radical (unpaired) electrons. The number of aryl methyl sites for hydroxylation is 6. The van der Waals surface area contributed by atoms with E-state index in [0.717, 1.165) is 168 Å². The summed E-state index contributed by atoms with van der Waals surface area (Å²) in [5.74, 6) is 19.7. The number of halogens is 7. The van der Waals surface area contributed by atoms with Crippen LogP contribution >= 0.6 is 86.1 Å². The molecule has 620 valence electrons. The smallest absolute Gasteiger partial charge is 0.458 e. The largest absolute Gasteiger partial charge is 1.00 e. The molecule has 0 saturated carbocycles. The third kappa shape index (κ3) is 34.0. The second kappa shape index (κ2) is 52.7. The number of benzene rings is 6. The fourth-order valence-corrected chi connectivity index (χ4v) is 10.7. The van der Waals surface area contributed by atoms with Gasteiger partial charge in [-0.1, -0.05) is 71.2 Å². The van der Waals surface area contributed by atoms with Gasteiger partial charge in [0.1, 0.15) is 0 Å². The number of nitrogens with two attached hydrogens (primary N) is 6. The van der Waals surface area contributed by atoms with Crippen LogP contribution in [0.3, 0.4) is 0 Å². The molecule has 6 aromatic heterocycles. The molecule has 0 unspecified atom stereocenters. The van der Waals surface area contributed by atoms with Gasteiger partial charge in [0.15, 0.2) is 38.7 Å². The summed E-state index contributed by atoms with van der Waals surface area (Å²) < 4.78 is 20.0. The number of aromatic nitrogens is 13. The zero-order chi connectivity index (χ0) is 84.0. The predicted molar refractivity (Wildman–Crippen MR) is 463 cm³/mol. The molecule has 3 saturated heterocycles. The van der Waals surface area contributed by atoms with E-state index in [0.29, 0.717) is 34.0 Å². The first-order valence-electron chi connectivity index (χ1n) is 34.7.